The van der Waals surface area contributed by atoms with Crippen LogP contribution >= 0.6 is 0 Å². The summed E-state index contributed by atoms with van der Waals surface area (Å²) >= 11 is 0. The van der Waals surface area contributed by atoms with E-state index >= 15 is 0 Å². The van der Waals surface area contributed by atoms with Gasteiger partial charge in [-0.25, -0.2) is 4.98 Å². The van der Waals surface area contributed by atoms with Crippen LogP contribution in [-0.4, -0.2) is 63.5 Å². The van der Waals surface area contributed by atoms with Crippen LogP contribution in [0.5, 0.6) is 0 Å². The lowest BCUT2D eigenvalue weighted by Gasteiger charge is -2.34. The van der Waals surface area contributed by atoms with Gasteiger partial charge in [-0.3, -0.25) is 0 Å². The van der Waals surface area contributed by atoms with Crippen molar-refractivity contribution in [2.45, 2.75) is 0 Å². The van der Waals surface area contributed by atoms with Crippen LogP contribution in [0.4, 0.5) is 5.69 Å². The first-order valence-electron chi connectivity index (χ1n) is 8.50. The largest absolute Gasteiger partial charge is 0.369 e. The molecule has 1 aliphatic rings. The first-order chi connectivity index (χ1) is 12.3. The lowest BCUT2D eigenvalue weighted by atomic mass is 10.2. The maximum absolute atomic E-state index is 4.73. The third-order valence-electron chi connectivity index (χ3n) is 4.92. The van der Waals surface area contributed by atoms with E-state index in [1.807, 2.05) is 18.2 Å². The van der Waals surface area contributed by atoms with Gasteiger partial charge in [0.1, 0.15) is 16.9 Å². The third kappa shape index (κ3) is 2.53. The van der Waals surface area contributed by atoms with Gasteiger partial charge in [-0.15, -0.1) is 0 Å². The number of aromatic amines is 2. The summed E-state index contributed by atoms with van der Waals surface area (Å²) in [5, 5.41) is 10.9. The first kappa shape index (κ1) is 14.4. The summed E-state index contributed by atoms with van der Waals surface area (Å²) in [6, 6.07) is 12.4. The van der Waals surface area contributed by atoms with Crippen LogP contribution in [0.3, 0.4) is 0 Å². The number of aromatic nitrogens is 5. The second-order valence-electron chi connectivity index (χ2n) is 6.60. The van der Waals surface area contributed by atoms with Gasteiger partial charge >= 0.3 is 0 Å². The molecular weight excluding hydrogens is 314 g/mol. The molecule has 0 amide bonds. The fourth-order valence-electron chi connectivity index (χ4n) is 3.38. The number of H-pyrrole nitrogens is 2. The van der Waals surface area contributed by atoms with E-state index in [1.165, 1.54) is 5.69 Å². The van der Waals surface area contributed by atoms with Gasteiger partial charge in [-0.05, 0) is 43.4 Å². The second kappa shape index (κ2) is 5.56. The minimum absolute atomic E-state index is 0.844. The normalized spacial score (nSPS) is 16.1. The summed E-state index contributed by atoms with van der Waals surface area (Å²) in [6.45, 7) is 4.33. The molecule has 0 aliphatic carbocycles. The van der Waals surface area contributed by atoms with E-state index in [2.05, 4.69) is 55.4 Å². The number of anilines is 1. The number of piperazine rings is 1. The summed E-state index contributed by atoms with van der Waals surface area (Å²) in [5.74, 6) is 0.857. The van der Waals surface area contributed by atoms with Gasteiger partial charge in [-0.2, -0.15) is 15.4 Å². The number of rotatable bonds is 2. The average molecular weight is 333 g/mol. The van der Waals surface area contributed by atoms with E-state index in [4.69, 9.17) is 4.98 Å². The number of nitrogens with one attached hydrogen (secondary N) is 2. The summed E-state index contributed by atoms with van der Waals surface area (Å²) < 4.78 is 0. The van der Waals surface area contributed by atoms with E-state index in [0.717, 1.165) is 59.6 Å². The Hall–Kier alpha value is -2.93. The van der Waals surface area contributed by atoms with Crippen molar-refractivity contribution >= 4 is 27.8 Å². The molecule has 0 atom stereocenters. The molecule has 2 N–H and O–H groups in total. The van der Waals surface area contributed by atoms with Crippen LogP contribution in [0.25, 0.3) is 33.5 Å². The van der Waals surface area contributed by atoms with Crippen molar-refractivity contribution in [3.63, 3.8) is 0 Å². The Kier molecular flexibility index (Phi) is 3.21. The summed E-state index contributed by atoms with van der Waals surface area (Å²) in [5.41, 5.74) is 6.01. The molecule has 7 nitrogen and oxygen atoms in total. The number of imidazole rings is 1. The van der Waals surface area contributed by atoms with Crippen LogP contribution in [0.2, 0.25) is 0 Å². The second-order valence-corrected chi connectivity index (χ2v) is 6.60. The number of nitrogens with zero attached hydrogens (tertiary/aromatic N) is 5. The zero-order valence-electron chi connectivity index (χ0n) is 14.0. The number of fused-ring (bicyclic) bond motifs is 2. The van der Waals surface area contributed by atoms with Crippen molar-refractivity contribution in [3.05, 3.63) is 36.4 Å². The molecule has 2 aromatic heterocycles. The molecule has 1 fully saturated rings. The molecule has 2 aromatic carbocycles. The van der Waals surface area contributed by atoms with Crippen molar-refractivity contribution in [1.29, 1.82) is 0 Å². The summed E-state index contributed by atoms with van der Waals surface area (Å²) in [7, 11) is 2.17. The minimum atomic E-state index is 0.844. The summed E-state index contributed by atoms with van der Waals surface area (Å²) in [4.78, 5) is 13.0. The van der Waals surface area contributed by atoms with Crippen LogP contribution in [0.15, 0.2) is 36.4 Å². The molecule has 1 saturated heterocycles. The Morgan fingerprint density at radius 1 is 0.880 bits per heavy atom. The number of hydrogen-bond acceptors (Lipinski definition) is 5. The van der Waals surface area contributed by atoms with Crippen molar-refractivity contribution in [2.24, 2.45) is 0 Å². The van der Waals surface area contributed by atoms with Gasteiger partial charge < -0.3 is 14.8 Å². The van der Waals surface area contributed by atoms with Gasteiger partial charge in [0.15, 0.2) is 0 Å². The molecule has 126 valence electrons. The van der Waals surface area contributed by atoms with Gasteiger partial charge in [0.2, 0.25) is 0 Å². The smallest absolute Gasteiger partial charge is 0.138 e. The van der Waals surface area contributed by atoms with Crippen LogP contribution < -0.4 is 4.90 Å². The zero-order chi connectivity index (χ0) is 16.8. The Morgan fingerprint density at radius 2 is 1.68 bits per heavy atom. The average Bonchev–Trinajstić information content (AvgIpc) is 3.27. The van der Waals surface area contributed by atoms with Gasteiger partial charge in [0.25, 0.3) is 0 Å². The molecule has 0 bridgehead atoms. The summed E-state index contributed by atoms with van der Waals surface area (Å²) in [6.07, 6.45) is 0. The van der Waals surface area contributed by atoms with E-state index in [-0.39, 0.29) is 0 Å². The molecule has 5 rings (SSSR count). The highest BCUT2D eigenvalue weighted by atomic mass is 15.3. The van der Waals surface area contributed by atoms with Crippen LogP contribution in [0, 0.1) is 0 Å². The minimum Gasteiger partial charge on any atom is -0.369 e. The first-order valence-corrected chi connectivity index (χ1v) is 8.50. The van der Waals surface area contributed by atoms with E-state index < -0.39 is 0 Å². The predicted molar refractivity (Wildman–Crippen MR) is 98.7 cm³/mol. The van der Waals surface area contributed by atoms with Crippen molar-refractivity contribution in [1.82, 2.24) is 30.3 Å². The lowest BCUT2D eigenvalue weighted by Crippen LogP contribution is -2.44. The molecule has 7 heteroatoms. The monoisotopic (exact) mass is 333 g/mol. The maximum Gasteiger partial charge on any atom is 0.138 e. The Balaban J connectivity index is 1.50. The fraction of sp³-hybridized carbons (Fsp3) is 0.278. The van der Waals surface area contributed by atoms with Crippen molar-refractivity contribution in [3.8, 4) is 11.4 Å². The van der Waals surface area contributed by atoms with Crippen molar-refractivity contribution in [2.75, 3.05) is 38.1 Å². The van der Waals surface area contributed by atoms with E-state index in [1.54, 1.807) is 0 Å². The molecule has 1 aliphatic heterocycles. The number of likely N-dealkylation sites (N-methyl/N-ethyl adjacent to an activating group) is 1. The van der Waals surface area contributed by atoms with Gasteiger partial charge in [0.05, 0.1) is 11.0 Å². The molecule has 0 unspecified atom stereocenters. The van der Waals surface area contributed by atoms with E-state index in [9.17, 15) is 0 Å². The van der Waals surface area contributed by atoms with Crippen molar-refractivity contribution < 1.29 is 0 Å². The number of hydrogen-bond donors (Lipinski definition) is 2. The van der Waals surface area contributed by atoms with Gasteiger partial charge in [0, 0.05) is 37.4 Å². The molecule has 3 heterocycles. The molecule has 0 spiro atoms. The predicted octanol–water partition coefficient (Wildman–Crippen LogP) is 2.25. The lowest BCUT2D eigenvalue weighted by molar-refractivity contribution is 0.313. The van der Waals surface area contributed by atoms with Crippen LogP contribution in [-0.2, 0) is 0 Å². The van der Waals surface area contributed by atoms with Gasteiger partial charge in [-0.1, -0.05) is 0 Å². The Morgan fingerprint density at radius 3 is 2.56 bits per heavy atom. The molecule has 0 radical (unpaired) electrons. The Bertz CT molecular complexity index is 1040. The van der Waals surface area contributed by atoms with E-state index in [0.29, 0.717) is 0 Å². The quantitative estimate of drug-likeness (QED) is 0.588. The third-order valence-corrected chi connectivity index (χ3v) is 4.92. The topological polar surface area (TPSA) is 76.7 Å². The fourth-order valence-corrected chi connectivity index (χ4v) is 3.38. The number of benzene rings is 2. The maximum atomic E-state index is 4.73. The molecule has 25 heavy (non-hydrogen) atoms. The Labute approximate surface area is 144 Å². The molecular formula is C18H19N7. The standard InChI is InChI=1S/C18H19N7/c1-24-6-8-25(9-7-24)13-3-5-14-16(11-13)20-18(19-14)12-2-4-15-17(10-12)22-23-21-15/h2-5,10-11H,6-9H2,1H3,(H,19,20)(H,21,22,23). The SMILES string of the molecule is CN1CCN(c2ccc3nc(-c4ccc5n[nH]nc5c4)[nH]c3c2)CC1. The van der Waals surface area contributed by atoms with Crippen LogP contribution in [0.1, 0.15) is 0 Å². The highest BCUT2D eigenvalue weighted by Crippen LogP contribution is 2.26. The molecule has 4 aromatic rings. The highest BCUT2D eigenvalue weighted by molar-refractivity contribution is 5.85. The molecule has 0 saturated carbocycles. The highest BCUT2D eigenvalue weighted by Gasteiger charge is 2.15. The zero-order valence-corrected chi connectivity index (χ0v) is 14.0.